The summed E-state index contributed by atoms with van der Waals surface area (Å²) in [7, 11) is 0. The predicted octanol–water partition coefficient (Wildman–Crippen LogP) is 5.54. The number of phenolic OH excluding ortho intramolecular Hbond substituents is 1. The molecule has 0 radical (unpaired) electrons. The van der Waals surface area contributed by atoms with Crippen LogP contribution in [-0.2, 0) is 4.79 Å². The Kier molecular flexibility index (Phi) is 7.56. The number of rotatable bonds is 7. The van der Waals surface area contributed by atoms with E-state index in [-0.39, 0.29) is 17.4 Å². The summed E-state index contributed by atoms with van der Waals surface area (Å²) < 4.78 is 0. The van der Waals surface area contributed by atoms with Crippen LogP contribution >= 0.6 is 11.8 Å². The number of hydrogen-bond donors (Lipinski definition) is 2. The topological polar surface area (TPSA) is 98.4 Å². The fourth-order valence-electron chi connectivity index (χ4n) is 3.44. The van der Waals surface area contributed by atoms with Crippen molar-refractivity contribution in [3.8, 4) is 34.2 Å². The molecule has 0 spiro atoms. The Morgan fingerprint density at radius 3 is 2.40 bits per heavy atom. The Balaban J connectivity index is 1.57. The van der Waals surface area contributed by atoms with Crippen LogP contribution in [0.4, 0.5) is 0 Å². The lowest BCUT2D eigenvalue weighted by atomic mass is 9.99. The van der Waals surface area contributed by atoms with Crippen molar-refractivity contribution in [3.05, 3.63) is 102 Å². The second-order valence-corrected chi connectivity index (χ2v) is 8.69. The van der Waals surface area contributed by atoms with Crippen LogP contribution in [-0.4, -0.2) is 28.0 Å². The summed E-state index contributed by atoms with van der Waals surface area (Å²) in [6, 6.07) is 28.7. The smallest absolute Gasteiger partial charge is 0.250 e. The SMILES string of the molecule is Cc1ccc(/C=N\NC(=O)CSc2nc(-c3ccccc3)cc(-c3ccccc3)c2C#N)c(O)c1. The lowest BCUT2D eigenvalue weighted by Gasteiger charge is -2.12. The first-order valence-corrected chi connectivity index (χ1v) is 11.8. The number of hydrazone groups is 1. The van der Waals surface area contributed by atoms with E-state index in [9.17, 15) is 15.2 Å². The van der Waals surface area contributed by atoms with E-state index < -0.39 is 0 Å². The average molecular weight is 479 g/mol. The number of hydrogen-bond acceptors (Lipinski definition) is 6. The van der Waals surface area contributed by atoms with Crippen LogP contribution in [0.5, 0.6) is 5.75 Å². The summed E-state index contributed by atoms with van der Waals surface area (Å²) in [4.78, 5) is 17.1. The van der Waals surface area contributed by atoms with E-state index in [1.807, 2.05) is 79.7 Å². The van der Waals surface area contributed by atoms with Crippen molar-refractivity contribution in [2.75, 3.05) is 5.75 Å². The lowest BCUT2D eigenvalue weighted by molar-refractivity contribution is -0.118. The van der Waals surface area contributed by atoms with Gasteiger partial charge in [0.2, 0.25) is 5.91 Å². The first-order valence-electron chi connectivity index (χ1n) is 10.9. The summed E-state index contributed by atoms with van der Waals surface area (Å²) in [6.45, 7) is 1.87. The van der Waals surface area contributed by atoms with Crippen molar-refractivity contribution in [3.63, 3.8) is 0 Å². The maximum Gasteiger partial charge on any atom is 0.250 e. The Hall–Kier alpha value is -4.41. The van der Waals surface area contributed by atoms with Gasteiger partial charge in [-0.05, 0) is 36.2 Å². The minimum Gasteiger partial charge on any atom is -0.507 e. The largest absolute Gasteiger partial charge is 0.507 e. The molecule has 4 rings (SSSR count). The van der Waals surface area contributed by atoms with Gasteiger partial charge in [0.15, 0.2) is 0 Å². The maximum atomic E-state index is 12.4. The molecule has 1 amide bonds. The number of amides is 1. The lowest BCUT2D eigenvalue weighted by Crippen LogP contribution is -2.19. The molecule has 7 heteroatoms. The Morgan fingerprint density at radius 1 is 1.06 bits per heavy atom. The summed E-state index contributed by atoms with van der Waals surface area (Å²) in [5.41, 5.74) is 7.61. The van der Waals surface area contributed by atoms with Crippen LogP contribution in [0.15, 0.2) is 95.1 Å². The van der Waals surface area contributed by atoms with Crippen molar-refractivity contribution in [2.45, 2.75) is 11.9 Å². The molecule has 4 aromatic rings. The third kappa shape index (κ3) is 5.94. The maximum absolute atomic E-state index is 12.4. The van der Waals surface area contributed by atoms with Gasteiger partial charge in [-0.2, -0.15) is 10.4 Å². The van der Waals surface area contributed by atoms with E-state index in [1.165, 1.54) is 18.0 Å². The average Bonchev–Trinajstić information content (AvgIpc) is 2.89. The van der Waals surface area contributed by atoms with E-state index in [0.717, 1.165) is 27.9 Å². The van der Waals surface area contributed by atoms with Crippen LogP contribution < -0.4 is 5.43 Å². The first kappa shape index (κ1) is 23.7. The molecule has 172 valence electrons. The number of carbonyl (C=O) groups is 1. The van der Waals surface area contributed by atoms with E-state index >= 15 is 0 Å². The number of thioether (sulfide) groups is 1. The number of aryl methyl sites for hydroxylation is 1. The van der Waals surface area contributed by atoms with Gasteiger partial charge in [-0.3, -0.25) is 4.79 Å². The fraction of sp³-hybridized carbons (Fsp3) is 0.0714. The molecule has 0 aliphatic heterocycles. The highest BCUT2D eigenvalue weighted by atomic mass is 32.2. The first-order chi connectivity index (χ1) is 17.0. The van der Waals surface area contributed by atoms with Crippen molar-refractivity contribution in [1.29, 1.82) is 5.26 Å². The zero-order valence-corrected chi connectivity index (χ0v) is 19.8. The van der Waals surface area contributed by atoms with Gasteiger partial charge < -0.3 is 5.11 Å². The molecule has 0 saturated carbocycles. The summed E-state index contributed by atoms with van der Waals surface area (Å²) in [5, 5.41) is 24.3. The summed E-state index contributed by atoms with van der Waals surface area (Å²) >= 11 is 1.18. The molecular weight excluding hydrogens is 456 g/mol. The number of nitrogens with one attached hydrogen (secondary N) is 1. The number of phenols is 1. The molecule has 0 aliphatic rings. The van der Waals surface area contributed by atoms with E-state index in [2.05, 4.69) is 16.6 Å². The highest BCUT2D eigenvalue weighted by Crippen LogP contribution is 2.34. The monoisotopic (exact) mass is 478 g/mol. The molecule has 0 unspecified atom stereocenters. The van der Waals surface area contributed by atoms with E-state index in [1.54, 1.807) is 12.1 Å². The van der Waals surface area contributed by atoms with Gasteiger partial charge in [0, 0.05) is 16.7 Å². The van der Waals surface area contributed by atoms with Gasteiger partial charge in [0.25, 0.3) is 0 Å². The van der Waals surface area contributed by atoms with Crippen LogP contribution in [0.3, 0.4) is 0 Å². The van der Waals surface area contributed by atoms with Gasteiger partial charge in [0.05, 0.1) is 23.2 Å². The molecule has 2 N–H and O–H groups in total. The molecule has 3 aromatic carbocycles. The molecule has 0 fully saturated rings. The third-order valence-electron chi connectivity index (χ3n) is 5.17. The van der Waals surface area contributed by atoms with Gasteiger partial charge >= 0.3 is 0 Å². The Labute approximate surface area is 208 Å². The van der Waals surface area contributed by atoms with Crippen LogP contribution in [0, 0.1) is 18.3 Å². The van der Waals surface area contributed by atoms with Crippen LogP contribution in [0.2, 0.25) is 0 Å². The van der Waals surface area contributed by atoms with Gasteiger partial charge in [-0.1, -0.05) is 78.5 Å². The fourth-order valence-corrected chi connectivity index (χ4v) is 4.23. The Bertz CT molecular complexity index is 1410. The summed E-state index contributed by atoms with van der Waals surface area (Å²) in [6.07, 6.45) is 1.39. The van der Waals surface area contributed by atoms with Crippen LogP contribution in [0.1, 0.15) is 16.7 Å². The number of benzene rings is 3. The zero-order chi connectivity index (χ0) is 24.6. The third-order valence-corrected chi connectivity index (χ3v) is 6.15. The molecule has 6 nitrogen and oxygen atoms in total. The highest BCUT2D eigenvalue weighted by Gasteiger charge is 2.17. The van der Waals surface area contributed by atoms with Crippen molar-refractivity contribution < 1.29 is 9.90 Å². The second kappa shape index (κ2) is 11.1. The minimum absolute atomic E-state index is 0.0192. The van der Waals surface area contributed by atoms with Crippen molar-refractivity contribution in [1.82, 2.24) is 10.4 Å². The number of carbonyl (C=O) groups excluding carboxylic acids is 1. The molecule has 0 atom stereocenters. The number of pyridine rings is 1. The van der Waals surface area contributed by atoms with E-state index in [0.29, 0.717) is 16.2 Å². The Morgan fingerprint density at radius 2 is 1.74 bits per heavy atom. The molecule has 1 aromatic heterocycles. The highest BCUT2D eigenvalue weighted by molar-refractivity contribution is 8.00. The zero-order valence-electron chi connectivity index (χ0n) is 19.0. The number of aromatic nitrogens is 1. The minimum atomic E-state index is -0.352. The molecule has 35 heavy (non-hydrogen) atoms. The molecule has 0 saturated heterocycles. The summed E-state index contributed by atoms with van der Waals surface area (Å²) in [5.74, 6) is -0.243. The molecule has 0 aliphatic carbocycles. The molecular formula is C28H22N4O2S. The van der Waals surface area contributed by atoms with Gasteiger partial charge in [0.1, 0.15) is 16.8 Å². The van der Waals surface area contributed by atoms with E-state index in [4.69, 9.17) is 4.98 Å². The number of nitrogens with zero attached hydrogens (tertiary/aromatic N) is 3. The number of aromatic hydroxyl groups is 1. The number of nitriles is 1. The molecule has 1 heterocycles. The van der Waals surface area contributed by atoms with Gasteiger partial charge in [-0.15, -0.1) is 0 Å². The van der Waals surface area contributed by atoms with Crippen LogP contribution in [0.25, 0.3) is 22.4 Å². The van der Waals surface area contributed by atoms with Crippen molar-refractivity contribution in [2.24, 2.45) is 5.10 Å². The van der Waals surface area contributed by atoms with Gasteiger partial charge in [-0.25, -0.2) is 10.4 Å². The van der Waals surface area contributed by atoms with Crippen molar-refractivity contribution >= 4 is 23.9 Å². The molecule has 0 bridgehead atoms. The normalized spacial score (nSPS) is 10.7. The second-order valence-electron chi connectivity index (χ2n) is 7.72. The predicted molar refractivity (Wildman–Crippen MR) is 139 cm³/mol. The standard InChI is InChI=1S/C28H22N4O2S/c1-19-12-13-22(26(33)14-19)17-30-32-27(34)18-35-28-24(16-29)23(20-8-4-2-5-9-20)15-25(31-28)21-10-6-3-7-11-21/h2-15,17,33H,18H2,1H3,(H,32,34)/b30-17-. The quantitative estimate of drug-likeness (QED) is 0.206.